The van der Waals surface area contributed by atoms with E-state index in [2.05, 4.69) is 39.7 Å². The molecule has 2 heterocycles. The summed E-state index contributed by atoms with van der Waals surface area (Å²) in [5, 5.41) is 5.20. The number of amides is 1. The number of nitrogens with zero attached hydrogens (tertiary/aromatic N) is 3. The molecule has 4 aromatic rings. The number of nitrogens with one attached hydrogen (secondary N) is 1. The molecule has 0 radical (unpaired) electrons. The van der Waals surface area contributed by atoms with Crippen LogP contribution in [0.15, 0.2) is 77.9 Å². The predicted octanol–water partition coefficient (Wildman–Crippen LogP) is 6.72. The maximum Gasteiger partial charge on any atom is 0.271 e. The van der Waals surface area contributed by atoms with Crippen molar-refractivity contribution in [3.63, 3.8) is 0 Å². The van der Waals surface area contributed by atoms with Gasteiger partial charge in [0.25, 0.3) is 5.91 Å². The molecule has 0 unspecified atom stereocenters. The second kappa shape index (κ2) is 10.9. The zero-order valence-corrected chi connectivity index (χ0v) is 22.4. The van der Waals surface area contributed by atoms with Crippen LogP contribution in [0.4, 0.5) is 0 Å². The molecule has 0 atom stereocenters. The maximum absolute atomic E-state index is 12.7. The van der Waals surface area contributed by atoms with Gasteiger partial charge in [0, 0.05) is 42.1 Å². The van der Waals surface area contributed by atoms with E-state index in [4.69, 9.17) is 23.2 Å². The summed E-state index contributed by atoms with van der Waals surface area (Å²) in [6.45, 7) is 6.83. The molecule has 5 nitrogen and oxygen atoms in total. The van der Waals surface area contributed by atoms with Crippen LogP contribution in [0.5, 0.6) is 0 Å². The summed E-state index contributed by atoms with van der Waals surface area (Å²) in [7, 11) is 0. The highest BCUT2D eigenvalue weighted by Crippen LogP contribution is 2.31. The first kappa shape index (κ1) is 25.3. The Morgan fingerprint density at radius 1 is 1.00 bits per heavy atom. The smallest absolute Gasteiger partial charge is 0.271 e. The van der Waals surface area contributed by atoms with Gasteiger partial charge in [0.15, 0.2) is 0 Å². The fourth-order valence-corrected chi connectivity index (χ4v) is 5.27. The van der Waals surface area contributed by atoms with Crippen LogP contribution in [-0.4, -0.2) is 28.1 Å². The van der Waals surface area contributed by atoms with Crippen molar-refractivity contribution in [1.82, 2.24) is 14.9 Å². The van der Waals surface area contributed by atoms with Crippen LogP contribution >= 0.6 is 23.2 Å². The molecule has 1 aliphatic rings. The summed E-state index contributed by atoms with van der Waals surface area (Å²) in [6, 6.07) is 23.9. The SMILES string of the molecule is Cc1cc(/C=N\NC(=O)c2ccc(CN3CCc4ccccc4C3)cc2)c(C)n1-c1cccc(Cl)c1Cl. The molecule has 1 aromatic heterocycles. The van der Waals surface area contributed by atoms with E-state index in [1.54, 1.807) is 12.3 Å². The predicted molar refractivity (Wildman–Crippen MR) is 151 cm³/mol. The molecule has 0 saturated carbocycles. The minimum Gasteiger partial charge on any atom is -0.316 e. The molecule has 37 heavy (non-hydrogen) atoms. The van der Waals surface area contributed by atoms with E-state index in [1.165, 1.54) is 16.7 Å². The van der Waals surface area contributed by atoms with Crippen LogP contribution in [0.2, 0.25) is 10.0 Å². The van der Waals surface area contributed by atoms with Gasteiger partial charge < -0.3 is 4.57 Å². The number of rotatable bonds is 6. The number of aromatic nitrogens is 1. The Labute approximate surface area is 227 Å². The van der Waals surface area contributed by atoms with Crippen LogP contribution in [0.3, 0.4) is 0 Å². The molecule has 0 aliphatic carbocycles. The van der Waals surface area contributed by atoms with Crippen LogP contribution in [-0.2, 0) is 19.5 Å². The largest absolute Gasteiger partial charge is 0.316 e. The van der Waals surface area contributed by atoms with E-state index in [9.17, 15) is 4.79 Å². The Bertz CT molecular complexity index is 1470. The van der Waals surface area contributed by atoms with Crippen molar-refractivity contribution >= 4 is 35.3 Å². The standard InChI is InChI=1S/C30H28Cl2N4O/c1-20-16-26(21(2)36(20)28-9-5-8-27(31)29(28)32)17-33-34-30(37)24-12-10-22(11-13-24)18-35-15-14-23-6-3-4-7-25(23)19-35/h3-13,16-17H,14-15,18-19H2,1-2H3,(H,34,37)/b33-17-. The average Bonchev–Trinajstić information content (AvgIpc) is 3.18. The number of hydrogen-bond donors (Lipinski definition) is 1. The highest BCUT2D eigenvalue weighted by molar-refractivity contribution is 6.43. The number of hydrogen-bond acceptors (Lipinski definition) is 3. The molecule has 1 amide bonds. The lowest BCUT2D eigenvalue weighted by atomic mass is 9.99. The van der Waals surface area contributed by atoms with E-state index in [0.29, 0.717) is 15.6 Å². The number of halogens is 2. The van der Waals surface area contributed by atoms with Gasteiger partial charge in [0.2, 0.25) is 0 Å². The monoisotopic (exact) mass is 530 g/mol. The minimum atomic E-state index is -0.249. The van der Waals surface area contributed by atoms with E-state index >= 15 is 0 Å². The van der Waals surface area contributed by atoms with Crippen molar-refractivity contribution in [2.24, 2.45) is 5.10 Å². The fraction of sp³-hybridized carbons (Fsp3) is 0.200. The van der Waals surface area contributed by atoms with Gasteiger partial charge in [0.05, 0.1) is 21.9 Å². The maximum atomic E-state index is 12.7. The fourth-order valence-electron chi connectivity index (χ4n) is 4.89. The van der Waals surface area contributed by atoms with Crippen LogP contribution in [0.1, 0.15) is 44.0 Å². The van der Waals surface area contributed by atoms with Gasteiger partial charge in [-0.05, 0) is 67.3 Å². The average molecular weight is 531 g/mol. The van der Waals surface area contributed by atoms with Gasteiger partial charge in [-0.25, -0.2) is 5.43 Å². The van der Waals surface area contributed by atoms with Gasteiger partial charge in [-0.2, -0.15) is 5.10 Å². The number of hydrazone groups is 1. The summed E-state index contributed by atoms with van der Waals surface area (Å²) in [4.78, 5) is 15.1. The molecule has 7 heteroatoms. The number of fused-ring (bicyclic) bond motifs is 1. The number of aryl methyl sites for hydroxylation is 1. The Balaban J connectivity index is 1.21. The first-order valence-corrected chi connectivity index (χ1v) is 13.0. The molecule has 0 fully saturated rings. The van der Waals surface area contributed by atoms with Crippen LogP contribution in [0, 0.1) is 13.8 Å². The lowest BCUT2D eigenvalue weighted by Crippen LogP contribution is -2.30. The summed E-state index contributed by atoms with van der Waals surface area (Å²) in [6.07, 6.45) is 2.72. The molecule has 0 bridgehead atoms. The quantitative estimate of drug-likeness (QED) is 0.222. The Kier molecular flexibility index (Phi) is 7.47. The Morgan fingerprint density at radius 3 is 2.54 bits per heavy atom. The number of carbonyl (C=O) groups is 1. The molecular formula is C30H28Cl2N4O. The van der Waals surface area contributed by atoms with E-state index in [-0.39, 0.29) is 5.91 Å². The topological polar surface area (TPSA) is 49.6 Å². The Hall–Kier alpha value is -3.38. The second-order valence-corrected chi connectivity index (χ2v) is 10.1. The van der Waals surface area contributed by atoms with Crippen molar-refractivity contribution in [3.8, 4) is 5.69 Å². The molecule has 1 N–H and O–H groups in total. The molecule has 0 saturated heterocycles. The van der Waals surface area contributed by atoms with Crippen LogP contribution < -0.4 is 5.43 Å². The first-order valence-electron chi connectivity index (χ1n) is 12.3. The van der Waals surface area contributed by atoms with Gasteiger partial charge >= 0.3 is 0 Å². The van der Waals surface area contributed by atoms with Crippen molar-refractivity contribution in [2.45, 2.75) is 33.4 Å². The van der Waals surface area contributed by atoms with Gasteiger partial charge in [-0.15, -0.1) is 0 Å². The lowest BCUT2D eigenvalue weighted by molar-refractivity contribution is 0.0955. The summed E-state index contributed by atoms with van der Waals surface area (Å²) >= 11 is 12.6. The van der Waals surface area contributed by atoms with Gasteiger partial charge in [0.1, 0.15) is 0 Å². The van der Waals surface area contributed by atoms with Gasteiger partial charge in [-0.1, -0.05) is 65.7 Å². The second-order valence-electron chi connectivity index (χ2n) is 9.36. The minimum absolute atomic E-state index is 0.249. The third-order valence-electron chi connectivity index (χ3n) is 6.84. The van der Waals surface area contributed by atoms with Crippen molar-refractivity contribution < 1.29 is 4.79 Å². The molecular weight excluding hydrogens is 503 g/mol. The normalized spacial score (nSPS) is 13.6. The molecule has 5 rings (SSSR count). The summed E-state index contributed by atoms with van der Waals surface area (Å²) in [5.41, 5.74) is 10.9. The van der Waals surface area contributed by atoms with Crippen molar-refractivity contribution in [3.05, 3.63) is 122 Å². The molecule has 188 valence electrons. The van der Waals surface area contributed by atoms with E-state index < -0.39 is 0 Å². The molecule has 3 aromatic carbocycles. The van der Waals surface area contributed by atoms with Crippen molar-refractivity contribution in [2.75, 3.05) is 6.54 Å². The molecule has 1 aliphatic heterocycles. The molecule has 0 spiro atoms. The third kappa shape index (κ3) is 5.49. The Morgan fingerprint density at radius 2 is 1.76 bits per heavy atom. The summed E-state index contributed by atoms with van der Waals surface area (Å²) < 4.78 is 2.02. The zero-order valence-electron chi connectivity index (χ0n) is 20.8. The number of benzene rings is 3. The van der Waals surface area contributed by atoms with Crippen LogP contribution in [0.25, 0.3) is 5.69 Å². The van der Waals surface area contributed by atoms with E-state index in [0.717, 1.165) is 48.7 Å². The highest BCUT2D eigenvalue weighted by atomic mass is 35.5. The van der Waals surface area contributed by atoms with Crippen molar-refractivity contribution in [1.29, 1.82) is 0 Å². The third-order valence-corrected chi connectivity index (χ3v) is 7.65. The first-order chi connectivity index (χ1) is 17.9. The van der Waals surface area contributed by atoms with Gasteiger partial charge in [-0.3, -0.25) is 9.69 Å². The van der Waals surface area contributed by atoms with E-state index in [1.807, 2.05) is 60.9 Å². The lowest BCUT2D eigenvalue weighted by Gasteiger charge is -2.28. The number of carbonyl (C=O) groups excluding carboxylic acids is 1. The highest BCUT2D eigenvalue weighted by Gasteiger charge is 2.16. The zero-order chi connectivity index (χ0) is 25.9. The summed E-state index contributed by atoms with van der Waals surface area (Å²) in [5.74, 6) is -0.249.